The van der Waals surface area contributed by atoms with Crippen LogP contribution in [-0.2, 0) is 17.9 Å². The van der Waals surface area contributed by atoms with Crippen molar-refractivity contribution in [3.63, 3.8) is 0 Å². The van der Waals surface area contributed by atoms with Crippen molar-refractivity contribution in [3.05, 3.63) is 45.9 Å². The highest BCUT2D eigenvalue weighted by Gasteiger charge is 2.17. The molecule has 0 saturated carbocycles. The van der Waals surface area contributed by atoms with E-state index in [1.165, 1.54) is 0 Å². The minimum atomic E-state index is 0.0880. The number of carbonyl (C=O) groups excluding carboxylic acids is 1. The molecule has 4 nitrogen and oxygen atoms in total. The Balaban J connectivity index is 1.97. The number of ether oxygens (including phenoxy) is 1. The summed E-state index contributed by atoms with van der Waals surface area (Å²) in [7, 11) is 0. The normalized spacial score (nSPS) is 12.0. The number of benzene rings is 1. The van der Waals surface area contributed by atoms with E-state index in [9.17, 15) is 4.79 Å². The summed E-state index contributed by atoms with van der Waals surface area (Å²) in [6, 6.07) is 8.17. The minimum Gasteiger partial charge on any atom is -0.486 e. The van der Waals surface area contributed by atoms with Crippen molar-refractivity contribution in [1.29, 1.82) is 0 Å². The number of carbonyl (C=O) groups is 1. The summed E-state index contributed by atoms with van der Waals surface area (Å²) in [5, 5.41) is 2.94. The Morgan fingerprint density at radius 1 is 1.39 bits per heavy atom. The van der Waals surface area contributed by atoms with Crippen LogP contribution in [0.3, 0.4) is 0 Å². The number of nitrogens with zero attached hydrogens (tertiary/aromatic N) is 2. The van der Waals surface area contributed by atoms with Gasteiger partial charge in [0.1, 0.15) is 17.4 Å². The zero-order valence-corrected chi connectivity index (χ0v) is 15.0. The van der Waals surface area contributed by atoms with Crippen LogP contribution in [0.2, 0.25) is 0 Å². The standard InChI is InChI=1S/C18H24N2O2S/c1-5-14(3)20(15(4)21)10-16-12-23-18(19-16)11-22-17-9-7-6-8-13(17)2/h6-9,12,14H,5,10-11H2,1-4H3. The molecule has 0 saturated heterocycles. The van der Waals surface area contributed by atoms with Gasteiger partial charge >= 0.3 is 0 Å². The number of amides is 1. The first-order chi connectivity index (χ1) is 11.0. The molecule has 1 heterocycles. The second kappa shape index (κ2) is 8.11. The molecule has 1 amide bonds. The number of hydrogen-bond acceptors (Lipinski definition) is 4. The second-order valence-electron chi connectivity index (χ2n) is 5.69. The molecule has 1 aromatic carbocycles. The molecule has 1 unspecified atom stereocenters. The number of aromatic nitrogens is 1. The molecule has 5 heteroatoms. The molecule has 0 radical (unpaired) electrons. The van der Waals surface area contributed by atoms with Gasteiger partial charge in [-0.15, -0.1) is 11.3 Å². The molecule has 0 N–H and O–H groups in total. The lowest BCUT2D eigenvalue weighted by Crippen LogP contribution is -2.36. The van der Waals surface area contributed by atoms with E-state index < -0.39 is 0 Å². The van der Waals surface area contributed by atoms with Crippen molar-refractivity contribution in [2.75, 3.05) is 0 Å². The lowest BCUT2D eigenvalue weighted by Gasteiger charge is -2.26. The second-order valence-corrected chi connectivity index (χ2v) is 6.63. The molecule has 0 fully saturated rings. The average molecular weight is 332 g/mol. The van der Waals surface area contributed by atoms with Crippen molar-refractivity contribution in [2.45, 2.75) is 53.3 Å². The molecule has 2 rings (SSSR count). The van der Waals surface area contributed by atoms with Gasteiger partial charge in [0.05, 0.1) is 12.2 Å². The highest BCUT2D eigenvalue weighted by Crippen LogP contribution is 2.20. The summed E-state index contributed by atoms with van der Waals surface area (Å²) in [6.07, 6.45) is 0.937. The van der Waals surface area contributed by atoms with E-state index in [2.05, 4.69) is 18.8 Å². The van der Waals surface area contributed by atoms with Crippen molar-refractivity contribution in [2.24, 2.45) is 0 Å². The van der Waals surface area contributed by atoms with E-state index >= 15 is 0 Å². The van der Waals surface area contributed by atoms with Gasteiger partial charge in [0.25, 0.3) is 0 Å². The quantitative estimate of drug-likeness (QED) is 0.764. The molecule has 1 atom stereocenters. The van der Waals surface area contributed by atoms with E-state index in [0.717, 1.165) is 28.4 Å². The summed E-state index contributed by atoms with van der Waals surface area (Å²) < 4.78 is 5.82. The largest absolute Gasteiger partial charge is 0.486 e. The van der Waals surface area contributed by atoms with Gasteiger partial charge in [0.15, 0.2) is 0 Å². The fraction of sp³-hybridized carbons (Fsp3) is 0.444. The molecule has 0 aliphatic rings. The number of thiazole rings is 1. The summed E-state index contributed by atoms with van der Waals surface area (Å²) in [5.41, 5.74) is 2.04. The molecular weight excluding hydrogens is 308 g/mol. The van der Waals surface area contributed by atoms with Gasteiger partial charge in [-0.2, -0.15) is 0 Å². The van der Waals surface area contributed by atoms with Crippen molar-refractivity contribution in [1.82, 2.24) is 9.88 Å². The van der Waals surface area contributed by atoms with Crippen LogP contribution in [0.5, 0.6) is 5.75 Å². The SMILES string of the molecule is CCC(C)N(Cc1csc(COc2ccccc2C)n1)C(C)=O. The Morgan fingerprint density at radius 3 is 2.78 bits per heavy atom. The predicted molar refractivity (Wildman–Crippen MR) is 93.6 cm³/mol. The maximum absolute atomic E-state index is 11.8. The first-order valence-corrected chi connectivity index (χ1v) is 8.78. The molecule has 2 aromatic rings. The number of rotatable bonds is 7. The Labute approximate surface area is 142 Å². The van der Waals surface area contributed by atoms with Crippen LogP contribution in [0.15, 0.2) is 29.6 Å². The van der Waals surface area contributed by atoms with Crippen LogP contribution >= 0.6 is 11.3 Å². The fourth-order valence-electron chi connectivity index (χ4n) is 2.32. The third-order valence-corrected chi connectivity index (χ3v) is 4.77. The average Bonchev–Trinajstić information content (AvgIpc) is 2.98. The van der Waals surface area contributed by atoms with Gasteiger partial charge in [-0.1, -0.05) is 25.1 Å². The zero-order chi connectivity index (χ0) is 16.8. The Kier molecular flexibility index (Phi) is 6.16. The summed E-state index contributed by atoms with van der Waals surface area (Å²) in [4.78, 5) is 18.2. The first-order valence-electron chi connectivity index (χ1n) is 7.90. The first kappa shape index (κ1) is 17.5. The molecule has 0 spiro atoms. The van der Waals surface area contributed by atoms with Crippen molar-refractivity contribution < 1.29 is 9.53 Å². The number of para-hydroxylation sites is 1. The van der Waals surface area contributed by atoms with Crippen LogP contribution in [0.25, 0.3) is 0 Å². The Hall–Kier alpha value is -1.88. The molecule has 0 bridgehead atoms. The van der Waals surface area contributed by atoms with E-state index in [4.69, 9.17) is 4.74 Å². The topological polar surface area (TPSA) is 42.4 Å². The predicted octanol–water partition coefficient (Wildman–Crippen LogP) is 4.18. The monoisotopic (exact) mass is 332 g/mol. The minimum absolute atomic E-state index is 0.0880. The van der Waals surface area contributed by atoms with E-state index in [-0.39, 0.29) is 11.9 Å². The van der Waals surface area contributed by atoms with Crippen molar-refractivity contribution in [3.8, 4) is 5.75 Å². The highest BCUT2D eigenvalue weighted by atomic mass is 32.1. The third kappa shape index (κ3) is 4.79. The van der Waals surface area contributed by atoms with E-state index in [0.29, 0.717) is 13.2 Å². The highest BCUT2D eigenvalue weighted by molar-refractivity contribution is 7.09. The van der Waals surface area contributed by atoms with Gasteiger partial charge in [0, 0.05) is 18.3 Å². The lowest BCUT2D eigenvalue weighted by atomic mass is 10.2. The van der Waals surface area contributed by atoms with Gasteiger partial charge in [-0.3, -0.25) is 4.79 Å². The van der Waals surface area contributed by atoms with Gasteiger partial charge in [0.2, 0.25) is 5.91 Å². The summed E-state index contributed by atoms with van der Waals surface area (Å²) in [6.45, 7) is 8.81. The van der Waals surface area contributed by atoms with Crippen LogP contribution < -0.4 is 4.74 Å². The maximum Gasteiger partial charge on any atom is 0.220 e. The molecule has 0 aliphatic heterocycles. The van der Waals surface area contributed by atoms with E-state index in [1.54, 1.807) is 18.3 Å². The van der Waals surface area contributed by atoms with Crippen LogP contribution in [0.4, 0.5) is 0 Å². The van der Waals surface area contributed by atoms with Gasteiger partial charge in [-0.25, -0.2) is 4.98 Å². The summed E-state index contributed by atoms with van der Waals surface area (Å²) >= 11 is 1.57. The molecule has 0 aliphatic carbocycles. The third-order valence-electron chi connectivity index (χ3n) is 3.90. The van der Waals surface area contributed by atoms with E-state index in [1.807, 2.05) is 41.5 Å². The fourth-order valence-corrected chi connectivity index (χ4v) is 3.01. The molecule has 1 aromatic heterocycles. The molecule has 23 heavy (non-hydrogen) atoms. The number of hydrogen-bond donors (Lipinski definition) is 0. The lowest BCUT2D eigenvalue weighted by molar-refractivity contribution is -0.131. The zero-order valence-electron chi connectivity index (χ0n) is 14.2. The number of aryl methyl sites for hydroxylation is 1. The Bertz CT molecular complexity index is 654. The Morgan fingerprint density at radius 2 is 2.13 bits per heavy atom. The van der Waals surface area contributed by atoms with Crippen molar-refractivity contribution >= 4 is 17.2 Å². The summed E-state index contributed by atoms with van der Waals surface area (Å²) in [5.74, 6) is 0.972. The van der Waals surface area contributed by atoms with Gasteiger partial charge < -0.3 is 9.64 Å². The maximum atomic E-state index is 11.8. The molecule has 124 valence electrons. The van der Waals surface area contributed by atoms with Crippen LogP contribution in [0.1, 0.15) is 43.5 Å². The van der Waals surface area contributed by atoms with Crippen LogP contribution in [0, 0.1) is 6.92 Å². The van der Waals surface area contributed by atoms with Gasteiger partial charge in [-0.05, 0) is 31.9 Å². The van der Waals surface area contributed by atoms with Crippen LogP contribution in [-0.4, -0.2) is 21.8 Å². The molecular formula is C18H24N2O2S. The smallest absolute Gasteiger partial charge is 0.220 e.